The van der Waals surface area contributed by atoms with Gasteiger partial charge in [-0.15, -0.1) is 46.7 Å². The summed E-state index contributed by atoms with van der Waals surface area (Å²) in [4.78, 5) is 0. The van der Waals surface area contributed by atoms with Crippen LogP contribution < -0.4 is 15.9 Å². The van der Waals surface area contributed by atoms with Crippen molar-refractivity contribution < 1.29 is 22.3 Å². The molecule has 0 fully saturated rings. The third kappa shape index (κ3) is 8.55. The van der Waals surface area contributed by atoms with E-state index in [1.165, 1.54) is 15.9 Å². The number of benzene rings is 6. The van der Waals surface area contributed by atoms with Crippen LogP contribution in [0.25, 0.3) is 10.8 Å². The number of aliphatic hydroxyl groups is 1. The van der Waals surface area contributed by atoms with Crippen LogP contribution >= 0.6 is 21.4 Å². The number of hydrogen-bond acceptors (Lipinski definition) is 1. The Morgan fingerprint density at radius 3 is 1.48 bits per heavy atom. The minimum atomic E-state index is -0.877. The molecule has 0 spiro atoms. The van der Waals surface area contributed by atoms with Crippen molar-refractivity contribution in [1.82, 2.24) is 0 Å². The van der Waals surface area contributed by atoms with Crippen LogP contribution in [0.5, 0.6) is 0 Å². The fourth-order valence-electron chi connectivity index (χ4n) is 4.59. The van der Waals surface area contributed by atoms with Gasteiger partial charge in [-0.05, 0) is 42.0 Å². The quantitative estimate of drug-likeness (QED) is 0.107. The molecule has 0 aliphatic heterocycles. The van der Waals surface area contributed by atoms with E-state index in [0.717, 1.165) is 21.9 Å². The molecule has 0 aliphatic rings. The Hall–Kier alpha value is -2.89. The van der Waals surface area contributed by atoms with Gasteiger partial charge in [0.15, 0.2) is 0 Å². The monoisotopic (exact) mass is 695 g/mol. The van der Waals surface area contributed by atoms with Gasteiger partial charge in [0.05, 0.1) is 14.0 Å². The van der Waals surface area contributed by atoms with E-state index in [-0.39, 0.29) is 0 Å². The molecule has 1 unspecified atom stereocenters. The van der Waals surface area contributed by atoms with Gasteiger partial charge in [-0.3, -0.25) is 0 Å². The van der Waals surface area contributed by atoms with Crippen LogP contribution in [-0.2, 0) is 23.6 Å². The molecule has 0 radical (unpaired) electrons. The Morgan fingerprint density at radius 1 is 0.550 bits per heavy atom. The normalized spacial score (nSPS) is 11.1. The van der Waals surface area contributed by atoms with Crippen LogP contribution in [0.4, 0.5) is 0 Å². The molecule has 6 aromatic rings. The molecular weight excluding hydrogens is 666 g/mol. The fourth-order valence-corrected chi connectivity index (χ4v) is 7.17. The molecule has 4 heteroatoms. The molecule has 0 bridgehead atoms. The molecule has 0 aliphatic carbocycles. The zero-order valence-corrected chi connectivity index (χ0v) is 26.1. The summed E-state index contributed by atoms with van der Waals surface area (Å²) in [5, 5.41) is 16.8. The summed E-state index contributed by atoms with van der Waals surface area (Å²) in [6, 6.07) is 57.9. The van der Waals surface area contributed by atoms with E-state index in [2.05, 4.69) is 134 Å². The maximum absolute atomic E-state index is 10.3. The number of rotatable bonds is 6. The average Bonchev–Trinajstić information content (AvgIpc) is 3.04. The van der Waals surface area contributed by atoms with Crippen molar-refractivity contribution in [2.24, 2.45) is 0 Å². The topological polar surface area (TPSA) is 20.2 Å². The van der Waals surface area contributed by atoms with E-state index in [9.17, 15) is 5.11 Å². The number of aliphatic hydroxyl groups excluding tert-OH is 1. The van der Waals surface area contributed by atoms with Crippen molar-refractivity contribution in [3.63, 3.8) is 0 Å². The van der Waals surface area contributed by atoms with E-state index in [1.807, 2.05) is 60.7 Å². The molecule has 202 valence electrons. The van der Waals surface area contributed by atoms with Crippen LogP contribution in [-0.4, -0.2) is 5.11 Å². The zero-order valence-electron chi connectivity index (χ0n) is 21.9. The summed E-state index contributed by atoms with van der Waals surface area (Å²) >= 11 is 5.35. The van der Waals surface area contributed by atoms with E-state index >= 15 is 0 Å². The van der Waals surface area contributed by atoms with Crippen molar-refractivity contribution in [2.75, 3.05) is 0 Å². The Balaban J connectivity index is 0.000000174. The van der Waals surface area contributed by atoms with Gasteiger partial charge in [0.1, 0.15) is 15.9 Å². The summed E-state index contributed by atoms with van der Waals surface area (Å²) in [6.45, 7) is 0. The third-order valence-corrected chi connectivity index (χ3v) is 9.23. The molecule has 1 atom stereocenters. The van der Waals surface area contributed by atoms with Crippen LogP contribution in [0.2, 0.25) is 0 Å². The zero-order chi connectivity index (χ0) is 28.0. The maximum Gasteiger partial charge on any atom is 0.102 e. The second-order valence-electron chi connectivity index (χ2n) is 9.18. The van der Waals surface area contributed by atoms with Gasteiger partial charge in [-0.2, -0.15) is 0 Å². The van der Waals surface area contributed by atoms with E-state index in [1.54, 1.807) is 0 Å². The van der Waals surface area contributed by atoms with Crippen molar-refractivity contribution >= 4 is 48.0 Å². The molecule has 1 nitrogen and oxygen atoms in total. The predicted molar refractivity (Wildman–Crippen MR) is 173 cm³/mol. The smallest absolute Gasteiger partial charge is 0.0620 e. The first kappa shape index (κ1) is 30.1. The van der Waals surface area contributed by atoms with Crippen LogP contribution in [0.1, 0.15) is 17.2 Å². The summed E-state index contributed by atoms with van der Waals surface area (Å²) in [5.74, 6) is 0. The molecule has 6 rings (SSSR count). The van der Waals surface area contributed by atoms with Crippen molar-refractivity contribution in [1.29, 1.82) is 0 Å². The molecule has 1 N–H and O–H groups in total. The minimum absolute atomic E-state index is 0.507. The Bertz CT molecular complexity index is 1450. The largest absolute Gasteiger partial charge is 0.102 e. The summed E-state index contributed by atoms with van der Waals surface area (Å²) < 4.78 is 0. The van der Waals surface area contributed by atoms with E-state index in [4.69, 9.17) is 0 Å². The van der Waals surface area contributed by atoms with Gasteiger partial charge in [0, 0.05) is 6.42 Å². The minimum Gasteiger partial charge on any atom is -0.0620 e. The Labute approximate surface area is 256 Å². The Morgan fingerprint density at radius 2 is 0.975 bits per heavy atom. The standard InChI is InChI=1S/C18H15O.C18H15P.BrH.Pd/c19-18(12-14-6-2-1-3-7-14)17-11-10-15-8-4-5-9-16(15)13-17;1-4-10-16(11-5-1)19(17-12-6-2-7-13-17)18-14-8-3-9-15-18;;/h1-11,18-19H,12H2;1-15H;1H;/q-1;;;+2. The third-order valence-electron chi connectivity index (χ3n) is 6.50. The van der Waals surface area contributed by atoms with Gasteiger partial charge in [0.2, 0.25) is 0 Å². The second-order valence-corrected chi connectivity index (χ2v) is 11.7. The van der Waals surface area contributed by atoms with Crippen LogP contribution in [0, 0.1) is 6.07 Å². The van der Waals surface area contributed by atoms with Gasteiger partial charge in [-0.1, -0.05) is 97.1 Å². The molecule has 0 saturated heterocycles. The van der Waals surface area contributed by atoms with Gasteiger partial charge in [-0.25, -0.2) is 0 Å². The number of halogens is 1. The molecule has 0 heterocycles. The SMILES string of the molecule is OC(Cc1ccccc1)c1[c-]c2ccccc2cc1.[Br][Pd+].c1ccc([PH+](c2ccccc2)c2ccccc2)cc1. The maximum atomic E-state index is 10.3. The van der Waals surface area contributed by atoms with Gasteiger partial charge < -0.3 is 5.11 Å². The van der Waals surface area contributed by atoms with Gasteiger partial charge in [0.25, 0.3) is 0 Å². The number of hydrogen-bond donors (Lipinski definition) is 1. The number of fused-ring (bicyclic) bond motifs is 1. The summed E-state index contributed by atoms with van der Waals surface area (Å²) in [7, 11) is -0.877. The first-order valence-corrected chi connectivity index (χ1v) is 18.1. The van der Waals surface area contributed by atoms with Crippen LogP contribution in [0.15, 0.2) is 158 Å². The Kier molecular flexibility index (Phi) is 12.3. The van der Waals surface area contributed by atoms with E-state index in [0.29, 0.717) is 6.42 Å². The van der Waals surface area contributed by atoms with Crippen molar-refractivity contribution in [2.45, 2.75) is 12.5 Å². The van der Waals surface area contributed by atoms with E-state index < -0.39 is 14.0 Å². The van der Waals surface area contributed by atoms with Gasteiger partial charge >= 0.3 is 30.6 Å². The second kappa shape index (κ2) is 16.4. The van der Waals surface area contributed by atoms with Crippen molar-refractivity contribution in [3.8, 4) is 0 Å². The molecule has 0 saturated carbocycles. The summed E-state index contributed by atoms with van der Waals surface area (Å²) in [6.07, 6.45) is 0.113. The molecule has 0 aromatic heterocycles. The summed E-state index contributed by atoms with van der Waals surface area (Å²) in [5.41, 5.74) is 1.99. The first-order valence-electron chi connectivity index (χ1n) is 13.1. The average molecular weight is 697 g/mol. The van der Waals surface area contributed by atoms with Crippen LogP contribution in [0.3, 0.4) is 0 Å². The molecule has 6 aromatic carbocycles. The molecule has 40 heavy (non-hydrogen) atoms. The predicted octanol–water partition coefficient (Wildman–Crippen LogP) is 7.94. The van der Waals surface area contributed by atoms with Crippen molar-refractivity contribution in [3.05, 3.63) is 175 Å². The first-order chi connectivity index (χ1) is 19.8. The fraction of sp³-hybridized carbons (Fsp3) is 0.0556. The molecule has 0 amide bonds. The molecular formula is C36H31BrOPPd+.